The maximum absolute atomic E-state index is 8.87. The van der Waals surface area contributed by atoms with Crippen LogP contribution < -0.4 is 0 Å². The van der Waals surface area contributed by atoms with Crippen LogP contribution >= 0.6 is 0 Å². The molecule has 0 radical (unpaired) electrons. The van der Waals surface area contributed by atoms with Crippen molar-refractivity contribution in [1.29, 1.82) is 0 Å². The highest BCUT2D eigenvalue weighted by Crippen LogP contribution is 2.16. The molecule has 0 aliphatic rings. The first-order valence-corrected chi connectivity index (χ1v) is 5.44. The quantitative estimate of drug-likeness (QED) is 0.498. The number of rotatable bonds is 3. The van der Waals surface area contributed by atoms with E-state index < -0.39 is 0 Å². The Hall–Kier alpha value is -2.23. The second-order valence-electron chi connectivity index (χ2n) is 3.55. The van der Waals surface area contributed by atoms with Gasteiger partial charge in [0, 0.05) is 5.56 Å². The molecule has 17 heavy (non-hydrogen) atoms. The Bertz CT molecular complexity index is 523. The molecule has 0 atom stereocenters. The summed E-state index contributed by atoms with van der Waals surface area (Å²) >= 11 is 0. The van der Waals surface area contributed by atoms with Gasteiger partial charge in [-0.15, -0.1) is 0 Å². The van der Waals surface area contributed by atoms with Gasteiger partial charge in [-0.3, -0.25) is 0 Å². The van der Waals surface area contributed by atoms with Crippen molar-refractivity contribution in [3.05, 3.63) is 48.4 Å². The molecule has 0 saturated heterocycles. The van der Waals surface area contributed by atoms with E-state index in [1.165, 1.54) is 6.33 Å². The molecule has 0 amide bonds. The minimum absolute atomic E-state index is 0.560. The lowest BCUT2D eigenvalue weighted by atomic mass is 10.1. The summed E-state index contributed by atoms with van der Waals surface area (Å²) in [7, 11) is 0. The molecule has 0 fully saturated rings. The van der Waals surface area contributed by atoms with Crippen LogP contribution in [0.1, 0.15) is 19.0 Å². The van der Waals surface area contributed by atoms with Crippen molar-refractivity contribution in [2.45, 2.75) is 13.3 Å². The van der Waals surface area contributed by atoms with Crippen molar-refractivity contribution < 1.29 is 5.21 Å². The third-order valence-electron chi connectivity index (χ3n) is 2.49. The fraction of sp³-hybridized carbons (Fsp3) is 0.154. The van der Waals surface area contributed by atoms with E-state index in [1.54, 1.807) is 0 Å². The summed E-state index contributed by atoms with van der Waals surface area (Å²) in [4.78, 5) is 8.32. The van der Waals surface area contributed by atoms with Crippen LogP contribution in [-0.4, -0.2) is 20.9 Å². The van der Waals surface area contributed by atoms with E-state index in [-0.39, 0.29) is 0 Å². The highest BCUT2D eigenvalue weighted by Gasteiger charge is 2.06. The SMILES string of the molecule is CCC(=NO)c1cc(-c2ccccc2)ncn1. The van der Waals surface area contributed by atoms with E-state index in [4.69, 9.17) is 5.21 Å². The van der Waals surface area contributed by atoms with Crippen LogP contribution in [0, 0.1) is 0 Å². The monoisotopic (exact) mass is 227 g/mol. The molecule has 1 aromatic carbocycles. The van der Waals surface area contributed by atoms with Gasteiger partial charge < -0.3 is 5.21 Å². The van der Waals surface area contributed by atoms with Gasteiger partial charge in [0.15, 0.2) is 0 Å². The number of nitrogens with zero attached hydrogens (tertiary/aromatic N) is 3. The molecule has 1 aromatic heterocycles. The van der Waals surface area contributed by atoms with Crippen molar-refractivity contribution in [3.63, 3.8) is 0 Å². The molecular weight excluding hydrogens is 214 g/mol. The molecule has 0 spiro atoms. The summed E-state index contributed by atoms with van der Waals surface area (Å²) < 4.78 is 0. The molecule has 0 unspecified atom stereocenters. The molecule has 4 nitrogen and oxygen atoms in total. The van der Waals surface area contributed by atoms with Crippen LogP contribution in [0.15, 0.2) is 47.9 Å². The molecule has 0 bridgehead atoms. The molecule has 2 aromatic rings. The van der Waals surface area contributed by atoms with Crippen molar-refractivity contribution in [1.82, 2.24) is 9.97 Å². The van der Waals surface area contributed by atoms with Crippen LogP contribution in [0.3, 0.4) is 0 Å². The summed E-state index contributed by atoms with van der Waals surface area (Å²) in [5.74, 6) is 0. The largest absolute Gasteiger partial charge is 0.411 e. The second-order valence-corrected chi connectivity index (χ2v) is 3.55. The normalized spacial score (nSPS) is 11.5. The topological polar surface area (TPSA) is 58.4 Å². The van der Waals surface area contributed by atoms with Crippen LogP contribution in [0.2, 0.25) is 0 Å². The molecular formula is C13H13N3O. The first-order chi connectivity index (χ1) is 8.35. The first-order valence-electron chi connectivity index (χ1n) is 5.44. The summed E-state index contributed by atoms with van der Waals surface area (Å²) in [6, 6.07) is 11.7. The van der Waals surface area contributed by atoms with Gasteiger partial charge in [-0.2, -0.15) is 0 Å². The average Bonchev–Trinajstić information content (AvgIpc) is 2.42. The van der Waals surface area contributed by atoms with E-state index in [0.29, 0.717) is 17.8 Å². The van der Waals surface area contributed by atoms with Crippen LogP contribution in [0.4, 0.5) is 0 Å². The molecule has 0 saturated carbocycles. The maximum atomic E-state index is 8.87. The lowest BCUT2D eigenvalue weighted by Crippen LogP contribution is -2.03. The molecule has 1 heterocycles. The highest BCUT2D eigenvalue weighted by molar-refractivity contribution is 5.98. The zero-order valence-electron chi connectivity index (χ0n) is 9.54. The van der Waals surface area contributed by atoms with E-state index in [0.717, 1.165) is 11.3 Å². The van der Waals surface area contributed by atoms with Gasteiger partial charge in [0.05, 0.1) is 11.4 Å². The Morgan fingerprint density at radius 3 is 2.65 bits per heavy atom. The summed E-state index contributed by atoms with van der Waals surface area (Å²) in [5.41, 5.74) is 3.06. The summed E-state index contributed by atoms with van der Waals surface area (Å²) in [5, 5.41) is 12.1. The van der Waals surface area contributed by atoms with Crippen molar-refractivity contribution in [2.75, 3.05) is 0 Å². The van der Waals surface area contributed by atoms with Crippen LogP contribution in [-0.2, 0) is 0 Å². The third-order valence-corrected chi connectivity index (χ3v) is 2.49. The lowest BCUT2D eigenvalue weighted by Gasteiger charge is -2.03. The first kappa shape index (κ1) is 11.3. The van der Waals surface area contributed by atoms with Gasteiger partial charge in [0.25, 0.3) is 0 Å². The van der Waals surface area contributed by atoms with Crippen LogP contribution in [0.5, 0.6) is 0 Å². The predicted molar refractivity (Wildman–Crippen MR) is 66.1 cm³/mol. The predicted octanol–water partition coefficient (Wildman–Crippen LogP) is 2.73. The Morgan fingerprint density at radius 2 is 2.00 bits per heavy atom. The Kier molecular flexibility index (Phi) is 3.45. The molecule has 0 aliphatic heterocycles. The number of oxime groups is 1. The minimum Gasteiger partial charge on any atom is -0.411 e. The van der Waals surface area contributed by atoms with Gasteiger partial charge in [-0.1, -0.05) is 42.4 Å². The van der Waals surface area contributed by atoms with Crippen molar-refractivity contribution in [2.24, 2.45) is 5.16 Å². The van der Waals surface area contributed by atoms with E-state index in [2.05, 4.69) is 15.1 Å². The van der Waals surface area contributed by atoms with Gasteiger partial charge in [0.2, 0.25) is 0 Å². The average molecular weight is 227 g/mol. The number of hydrogen-bond donors (Lipinski definition) is 1. The highest BCUT2D eigenvalue weighted by atomic mass is 16.4. The Balaban J connectivity index is 2.42. The Labute approximate surface area is 99.7 Å². The maximum Gasteiger partial charge on any atom is 0.116 e. The van der Waals surface area contributed by atoms with E-state index in [1.807, 2.05) is 43.3 Å². The van der Waals surface area contributed by atoms with Gasteiger partial charge >= 0.3 is 0 Å². The fourth-order valence-electron chi connectivity index (χ4n) is 1.58. The van der Waals surface area contributed by atoms with Crippen molar-refractivity contribution in [3.8, 4) is 11.3 Å². The van der Waals surface area contributed by atoms with E-state index >= 15 is 0 Å². The van der Waals surface area contributed by atoms with Gasteiger partial charge in [-0.25, -0.2) is 9.97 Å². The minimum atomic E-state index is 0.560. The molecule has 4 heteroatoms. The molecule has 0 aliphatic carbocycles. The third kappa shape index (κ3) is 2.47. The number of aromatic nitrogens is 2. The lowest BCUT2D eigenvalue weighted by molar-refractivity contribution is 0.318. The number of hydrogen-bond acceptors (Lipinski definition) is 4. The molecule has 2 rings (SSSR count). The van der Waals surface area contributed by atoms with Gasteiger partial charge in [-0.05, 0) is 12.5 Å². The smallest absolute Gasteiger partial charge is 0.116 e. The Morgan fingerprint density at radius 1 is 1.24 bits per heavy atom. The zero-order valence-corrected chi connectivity index (χ0v) is 9.54. The fourth-order valence-corrected chi connectivity index (χ4v) is 1.58. The molecule has 86 valence electrons. The molecule has 1 N–H and O–H groups in total. The summed E-state index contributed by atoms with van der Waals surface area (Å²) in [6.07, 6.45) is 2.11. The summed E-state index contributed by atoms with van der Waals surface area (Å²) in [6.45, 7) is 1.92. The van der Waals surface area contributed by atoms with E-state index in [9.17, 15) is 0 Å². The second kappa shape index (κ2) is 5.21. The zero-order chi connectivity index (χ0) is 12.1. The van der Waals surface area contributed by atoms with Crippen LogP contribution in [0.25, 0.3) is 11.3 Å². The van der Waals surface area contributed by atoms with Crippen molar-refractivity contribution >= 4 is 5.71 Å². The standard InChI is InChI=1S/C13H13N3O/c1-2-11(16-17)13-8-12(14-9-15-13)10-6-4-3-5-7-10/h3-9,17H,2H2,1H3. The number of benzene rings is 1. The van der Waals surface area contributed by atoms with Gasteiger partial charge in [0.1, 0.15) is 12.0 Å².